The Morgan fingerprint density at radius 2 is 1.81 bits per heavy atom. The molecule has 2 nitrogen and oxygen atoms in total. The third kappa shape index (κ3) is 5.56. The molecule has 0 spiro atoms. The number of ether oxygens (including phenoxy) is 1. The first kappa shape index (κ1) is 23.5. The first-order chi connectivity index (χ1) is 15.2. The molecule has 0 aromatic heterocycles. The zero-order valence-electron chi connectivity index (χ0n) is 20.2. The summed E-state index contributed by atoms with van der Waals surface area (Å²) in [4.78, 5) is 11.6. The molecule has 3 rings (SSSR count). The largest absolute Gasteiger partial charge is 0.463 e. The maximum absolute atomic E-state index is 11.6. The Bertz CT molecular complexity index is 1110. The van der Waals surface area contributed by atoms with E-state index in [2.05, 4.69) is 82.3 Å². The van der Waals surface area contributed by atoms with Gasteiger partial charge < -0.3 is 4.74 Å². The number of fused-ring (bicyclic) bond motifs is 1. The van der Waals surface area contributed by atoms with Crippen molar-refractivity contribution >= 4 is 17.1 Å². The summed E-state index contributed by atoms with van der Waals surface area (Å²) in [5.41, 5.74) is 9.95. The van der Waals surface area contributed by atoms with E-state index in [1.54, 1.807) is 0 Å². The smallest absolute Gasteiger partial charge is 0.330 e. The van der Waals surface area contributed by atoms with Gasteiger partial charge in [0.15, 0.2) is 0 Å². The summed E-state index contributed by atoms with van der Waals surface area (Å²) in [6.07, 6.45) is 10.9. The van der Waals surface area contributed by atoms with Crippen LogP contribution in [0, 0.1) is 6.92 Å². The van der Waals surface area contributed by atoms with Crippen LogP contribution in [0.3, 0.4) is 0 Å². The molecule has 0 saturated carbocycles. The molecular weight excluding hydrogens is 392 g/mol. The van der Waals surface area contributed by atoms with Crippen molar-refractivity contribution in [2.24, 2.45) is 0 Å². The van der Waals surface area contributed by atoms with Gasteiger partial charge in [-0.2, -0.15) is 0 Å². The van der Waals surface area contributed by atoms with Gasteiger partial charge in [0.05, 0.1) is 6.61 Å². The van der Waals surface area contributed by atoms with Crippen molar-refractivity contribution in [3.05, 3.63) is 106 Å². The standard InChI is InChI=1S/C30H34O2/c1-7-32-29(31)19-22(3)9-8-10-23(4)25-15-16-28-27(20-25)26(17-18-30(28,5)6)24-13-11-21(2)12-14-24/h8-17,19-20H,7,18H2,1-6H3/b9-8+,22-19+,23-10+. The van der Waals surface area contributed by atoms with Crippen LogP contribution in [-0.4, -0.2) is 12.6 Å². The van der Waals surface area contributed by atoms with E-state index in [0.717, 1.165) is 12.0 Å². The second kappa shape index (κ2) is 9.99. The molecule has 0 unspecified atom stereocenters. The maximum atomic E-state index is 11.6. The lowest BCUT2D eigenvalue weighted by atomic mass is 9.71. The molecule has 2 aromatic rings. The van der Waals surface area contributed by atoms with Gasteiger partial charge in [-0.25, -0.2) is 4.79 Å². The highest BCUT2D eigenvalue weighted by molar-refractivity contribution is 5.85. The van der Waals surface area contributed by atoms with Crippen LogP contribution in [0.4, 0.5) is 0 Å². The number of hydrogen-bond donors (Lipinski definition) is 0. The van der Waals surface area contributed by atoms with Gasteiger partial charge in [0.1, 0.15) is 0 Å². The average Bonchev–Trinajstić information content (AvgIpc) is 2.74. The van der Waals surface area contributed by atoms with Crippen LogP contribution in [0.1, 0.15) is 68.9 Å². The SMILES string of the molecule is CCOC(=O)/C=C(C)/C=C/C=C(\C)c1ccc2c(c1)C(c1ccc(C)cc1)=CCC2(C)C. The average molecular weight is 427 g/mol. The van der Waals surface area contributed by atoms with Crippen molar-refractivity contribution in [3.63, 3.8) is 0 Å². The van der Waals surface area contributed by atoms with Crippen LogP contribution < -0.4 is 0 Å². The van der Waals surface area contributed by atoms with Crippen molar-refractivity contribution in [2.75, 3.05) is 6.61 Å². The number of esters is 1. The second-order valence-corrected chi connectivity index (χ2v) is 9.18. The van der Waals surface area contributed by atoms with E-state index in [1.165, 1.54) is 45.0 Å². The van der Waals surface area contributed by atoms with Gasteiger partial charge in [-0.1, -0.05) is 80.1 Å². The van der Waals surface area contributed by atoms with Crippen LogP contribution in [0.25, 0.3) is 11.1 Å². The normalized spacial score (nSPS) is 16.0. The van der Waals surface area contributed by atoms with Gasteiger partial charge in [-0.3, -0.25) is 0 Å². The fourth-order valence-electron chi connectivity index (χ4n) is 4.04. The first-order valence-corrected chi connectivity index (χ1v) is 11.3. The van der Waals surface area contributed by atoms with Gasteiger partial charge in [-0.15, -0.1) is 0 Å². The lowest BCUT2D eigenvalue weighted by molar-refractivity contribution is -0.137. The molecule has 2 aromatic carbocycles. The van der Waals surface area contributed by atoms with Gasteiger partial charge in [0.25, 0.3) is 0 Å². The Hall–Kier alpha value is -3.13. The van der Waals surface area contributed by atoms with Crippen molar-refractivity contribution in [1.82, 2.24) is 0 Å². The Kier molecular flexibility index (Phi) is 7.35. The number of hydrogen-bond acceptors (Lipinski definition) is 2. The molecule has 32 heavy (non-hydrogen) atoms. The molecule has 2 heteroatoms. The minimum absolute atomic E-state index is 0.120. The molecule has 0 atom stereocenters. The second-order valence-electron chi connectivity index (χ2n) is 9.18. The van der Waals surface area contributed by atoms with E-state index in [9.17, 15) is 4.79 Å². The molecule has 1 aliphatic rings. The molecule has 0 fully saturated rings. The molecule has 1 aliphatic carbocycles. The summed E-state index contributed by atoms with van der Waals surface area (Å²) >= 11 is 0. The molecule has 0 heterocycles. The van der Waals surface area contributed by atoms with Gasteiger partial charge >= 0.3 is 5.97 Å². The number of aryl methyl sites for hydroxylation is 1. The summed E-state index contributed by atoms with van der Waals surface area (Å²) in [7, 11) is 0. The monoisotopic (exact) mass is 426 g/mol. The van der Waals surface area contributed by atoms with Crippen LogP contribution in [0.5, 0.6) is 0 Å². The van der Waals surface area contributed by atoms with E-state index < -0.39 is 0 Å². The topological polar surface area (TPSA) is 26.3 Å². The predicted octanol–water partition coefficient (Wildman–Crippen LogP) is 7.58. The Labute approximate surface area is 193 Å². The van der Waals surface area contributed by atoms with Crippen LogP contribution in [0.2, 0.25) is 0 Å². The van der Waals surface area contributed by atoms with Crippen LogP contribution in [0.15, 0.2) is 78.4 Å². The maximum Gasteiger partial charge on any atom is 0.330 e. The third-order valence-electron chi connectivity index (χ3n) is 6.01. The fourth-order valence-corrected chi connectivity index (χ4v) is 4.04. The predicted molar refractivity (Wildman–Crippen MR) is 136 cm³/mol. The molecule has 0 saturated heterocycles. The molecule has 0 amide bonds. The summed E-state index contributed by atoms with van der Waals surface area (Å²) in [6, 6.07) is 15.6. The highest BCUT2D eigenvalue weighted by Crippen LogP contribution is 2.42. The highest BCUT2D eigenvalue weighted by Gasteiger charge is 2.28. The molecule has 0 radical (unpaired) electrons. The molecule has 166 valence electrons. The third-order valence-corrected chi connectivity index (χ3v) is 6.01. The van der Waals surface area contributed by atoms with E-state index in [4.69, 9.17) is 4.74 Å². The Balaban J connectivity index is 1.92. The zero-order chi connectivity index (χ0) is 23.3. The lowest BCUT2D eigenvalue weighted by Gasteiger charge is -2.33. The minimum atomic E-state index is -0.303. The molecule has 0 bridgehead atoms. The van der Waals surface area contributed by atoms with Crippen molar-refractivity contribution < 1.29 is 9.53 Å². The highest BCUT2D eigenvalue weighted by atomic mass is 16.5. The summed E-state index contributed by atoms with van der Waals surface area (Å²) in [6.45, 7) is 13.0. The molecular formula is C30H34O2. The van der Waals surface area contributed by atoms with Crippen molar-refractivity contribution in [2.45, 2.75) is 53.4 Å². The van der Waals surface area contributed by atoms with Gasteiger partial charge in [-0.05, 0) is 84.6 Å². The van der Waals surface area contributed by atoms with Gasteiger partial charge in [0, 0.05) is 6.08 Å². The number of allylic oxidation sites excluding steroid dienone is 6. The van der Waals surface area contributed by atoms with Crippen LogP contribution >= 0.6 is 0 Å². The number of carbonyl (C=O) groups excluding carboxylic acids is 1. The number of rotatable bonds is 6. The van der Waals surface area contributed by atoms with E-state index in [-0.39, 0.29) is 11.4 Å². The summed E-state index contributed by atoms with van der Waals surface area (Å²) < 4.78 is 4.96. The van der Waals surface area contributed by atoms with E-state index in [1.807, 2.05) is 26.0 Å². The number of carbonyl (C=O) groups is 1. The van der Waals surface area contributed by atoms with E-state index in [0.29, 0.717) is 6.61 Å². The Morgan fingerprint density at radius 1 is 1.09 bits per heavy atom. The fraction of sp³-hybridized carbons (Fsp3) is 0.300. The summed E-state index contributed by atoms with van der Waals surface area (Å²) in [5, 5.41) is 0. The Morgan fingerprint density at radius 3 is 2.50 bits per heavy atom. The quantitative estimate of drug-likeness (QED) is 0.270. The van der Waals surface area contributed by atoms with Crippen molar-refractivity contribution in [1.29, 1.82) is 0 Å². The number of benzene rings is 2. The molecule has 0 N–H and O–H groups in total. The minimum Gasteiger partial charge on any atom is -0.463 e. The van der Waals surface area contributed by atoms with Crippen LogP contribution in [-0.2, 0) is 14.9 Å². The molecule has 0 aliphatic heterocycles. The van der Waals surface area contributed by atoms with Crippen molar-refractivity contribution in [3.8, 4) is 0 Å². The van der Waals surface area contributed by atoms with E-state index >= 15 is 0 Å². The first-order valence-electron chi connectivity index (χ1n) is 11.3. The lowest BCUT2D eigenvalue weighted by Crippen LogP contribution is -2.22. The zero-order valence-corrected chi connectivity index (χ0v) is 20.2. The summed E-state index contributed by atoms with van der Waals surface area (Å²) in [5.74, 6) is -0.303. The van der Waals surface area contributed by atoms with Gasteiger partial charge in [0.2, 0.25) is 0 Å².